The maximum atomic E-state index is 11.8. The summed E-state index contributed by atoms with van der Waals surface area (Å²) in [6.07, 6.45) is 5.67. The van der Waals surface area contributed by atoms with Gasteiger partial charge in [-0.25, -0.2) is 9.97 Å². The molecule has 7 nitrogen and oxygen atoms in total. The zero-order chi connectivity index (χ0) is 16.0. The van der Waals surface area contributed by atoms with Crippen molar-refractivity contribution >= 4 is 28.0 Å². The molecule has 1 unspecified atom stereocenters. The second kappa shape index (κ2) is 5.34. The maximum Gasteiger partial charge on any atom is 0.227 e. The van der Waals surface area contributed by atoms with Gasteiger partial charge in [-0.3, -0.25) is 4.79 Å². The van der Waals surface area contributed by atoms with Gasteiger partial charge in [-0.05, 0) is 38.9 Å². The number of carbonyl (C=O) groups is 1. The number of nitrogens with zero attached hydrogens (tertiary/aromatic N) is 3. The molecular formula is C16H20N6O. The van der Waals surface area contributed by atoms with E-state index < -0.39 is 5.92 Å². The fraction of sp³-hybridized carbons (Fsp3) is 0.438. The van der Waals surface area contributed by atoms with Crippen LogP contribution in [0.1, 0.15) is 37.5 Å². The predicted molar refractivity (Wildman–Crippen MR) is 88.1 cm³/mol. The molecule has 4 rings (SSSR count). The lowest BCUT2D eigenvalue weighted by molar-refractivity contribution is -0.119. The first-order valence-electron chi connectivity index (χ1n) is 8.00. The van der Waals surface area contributed by atoms with Crippen molar-refractivity contribution in [2.75, 3.05) is 13.1 Å². The molecule has 0 bridgehead atoms. The van der Waals surface area contributed by atoms with Gasteiger partial charge in [-0.2, -0.15) is 0 Å². The third-order valence-electron chi connectivity index (χ3n) is 4.75. The largest absolute Gasteiger partial charge is 0.369 e. The minimum absolute atomic E-state index is 0.318. The summed E-state index contributed by atoms with van der Waals surface area (Å²) in [5, 5.41) is 4.42. The standard InChI is InChI=1S/C16H20N6O/c1-9(14(17)23)16-21-12-8-20-15-11(4-7-19-15)13(12)22(16)10-2-5-18-6-3-10/h4,7-10,18H,2-3,5-6H2,1H3,(H2,17,23)(H,19,20). The van der Waals surface area contributed by atoms with Crippen molar-refractivity contribution in [2.24, 2.45) is 5.73 Å². The summed E-state index contributed by atoms with van der Waals surface area (Å²) in [5.74, 6) is -0.0325. The van der Waals surface area contributed by atoms with Crippen LogP contribution in [-0.4, -0.2) is 38.5 Å². The molecule has 4 heterocycles. The normalized spacial score (nSPS) is 17.8. The molecule has 3 aromatic heterocycles. The first-order chi connectivity index (χ1) is 11.2. The molecule has 7 heteroatoms. The molecule has 0 aromatic carbocycles. The lowest BCUT2D eigenvalue weighted by Crippen LogP contribution is -2.31. The van der Waals surface area contributed by atoms with Gasteiger partial charge in [0.25, 0.3) is 0 Å². The number of imidazole rings is 1. The molecule has 23 heavy (non-hydrogen) atoms. The molecule has 0 aliphatic carbocycles. The molecule has 0 radical (unpaired) electrons. The summed E-state index contributed by atoms with van der Waals surface area (Å²) in [7, 11) is 0. The molecule has 3 aromatic rings. The number of aromatic nitrogens is 4. The van der Waals surface area contributed by atoms with Crippen LogP contribution in [0.3, 0.4) is 0 Å². The number of hydrogen-bond acceptors (Lipinski definition) is 4. The number of nitrogens with one attached hydrogen (secondary N) is 2. The van der Waals surface area contributed by atoms with Crippen molar-refractivity contribution in [3.8, 4) is 0 Å². The van der Waals surface area contributed by atoms with Crippen LogP contribution in [0.4, 0.5) is 0 Å². The van der Waals surface area contributed by atoms with E-state index in [9.17, 15) is 4.79 Å². The van der Waals surface area contributed by atoms with Crippen LogP contribution >= 0.6 is 0 Å². The highest BCUT2D eigenvalue weighted by atomic mass is 16.1. The van der Waals surface area contributed by atoms with Crippen molar-refractivity contribution in [2.45, 2.75) is 31.7 Å². The molecule has 1 fully saturated rings. The minimum Gasteiger partial charge on any atom is -0.369 e. The Morgan fingerprint density at radius 3 is 2.96 bits per heavy atom. The number of carbonyl (C=O) groups excluding carboxylic acids is 1. The third-order valence-corrected chi connectivity index (χ3v) is 4.75. The van der Waals surface area contributed by atoms with Crippen molar-refractivity contribution in [1.82, 2.24) is 24.8 Å². The average molecular weight is 312 g/mol. The van der Waals surface area contributed by atoms with Crippen LogP contribution in [0.25, 0.3) is 22.1 Å². The number of amides is 1. The summed E-state index contributed by atoms with van der Waals surface area (Å²) >= 11 is 0. The van der Waals surface area contributed by atoms with Gasteiger partial charge in [0.15, 0.2) is 0 Å². The highest BCUT2D eigenvalue weighted by Gasteiger charge is 2.27. The van der Waals surface area contributed by atoms with E-state index >= 15 is 0 Å². The lowest BCUT2D eigenvalue weighted by atomic mass is 10.0. The van der Waals surface area contributed by atoms with Crippen molar-refractivity contribution in [1.29, 1.82) is 0 Å². The van der Waals surface area contributed by atoms with Crippen LogP contribution in [0, 0.1) is 0 Å². The first-order valence-corrected chi connectivity index (χ1v) is 8.00. The summed E-state index contributed by atoms with van der Waals surface area (Å²) in [4.78, 5) is 24.0. The zero-order valence-electron chi connectivity index (χ0n) is 13.0. The molecule has 1 aliphatic heterocycles. The Morgan fingerprint density at radius 1 is 1.43 bits per heavy atom. The van der Waals surface area contributed by atoms with Gasteiger partial charge in [-0.15, -0.1) is 0 Å². The van der Waals surface area contributed by atoms with E-state index in [0.717, 1.165) is 53.8 Å². The first kappa shape index (κ1) is 14.2. The molecule has 1 atom stereocenters. The smallest absolute Gasteiger partial charge is 0.227 e. The second-order valence-electron chi connectivity index (χ2n) is 6.18. The maximum absolute atomic E-state index is 11.8. The number of nitrogens with two attached hydrogens (primary N) is 1. The quantitative estimate of drug-likeness (QED) is 0.681. The Morgan fingerprint density at radius 2 is 2.22 bits per heavy atom. The number of piperidine rings is 1. The summed E-state index contributed by atoms with van der Waals surface area (Å²) < 4.78 is 2.23. The molecule has 1 amide bonds. The van der Waals surface area contributed by atoms with E-state index in [1.807, 2.05) is 19.2 Å². The van der Waals surface area contributed by atoms with Crippen molar-refractivity contribution in [3.63, 3.8) is 0 Å². The fourth-order valence-corrected chi connectivity index (χ4v) is 3.48. The van der Waals surface area contributed by atoms with Gasteiger partial charge >= 0.3 is 0 Å². The molecule has 1 aliphatic rings. The number of fused-ring (bicyclic) bond motifs is 3. The van der Waals surface area contributed by atoms with Gasteiger partial charge in [0.05, 0.1) is 17.6 Å². The van der Waals surface area contributed by atoms with Crippen LogP contribution in [0.15, 0.2) is 18.5 Å². The van der Waals surface area contributed by atoms with Gasteiger partial charge in [-0.1, -0.05) is 0 Å². The van der Waals surface area contributed by atoms with Crippen molar-refractivity contribution < 1.29 is 4.79 Å². The van der Waals surface area contributed by atoms with Crippen LogP contribution in [-0.2, 0) is 4.79 Å². The van der Waals surface area contributed by atoms with E-state index in [1.165, 1.54) is 0 Å². The van der Waals surface area contributed by atoms with Gasteiger partial charge < -0.3 is 20.6 Å². The zero-order valence-corrected chi connectivity index (χ0v) is 13.0. The molecule has 120 valence electrons. The summed E-state index contributed by atoms with van der Waals surface area (Å²) in [6, 6.07) is 2.33. The number of rotatable bonds is 3. The Labute approximate surface area is 133 Å². The highest BCUT2D eigenvalue weighted by molar-refractivity contribution is 6.01. The molecule has 4 N–H and O–H groups in total. The van der Waals surface area contributed by atoms with Crippen LogP contribution in [0.5, 0.6) is 0 Å². The number of H-pyrrole nitrogens is 1. The molecule has 0 spiro atoms. The number of aromatic amines is 1. The molecule has 0 saturated carbocycles. The topological polar surface area (TPSA) is 102 Å². The number of pyridine rings is 1. The number of hydrogen-bond donors (Lipinski definition) is 3. The minimum atomic E-state index is -0.425. The Hall–Kier alpha value is -2.41. The Balaban J connectivity index is 2.01. The molecule has 1 saturated heterocycles. The van der Waals surface area contributed by atoms with Gasteiger partial charge in [0.1, 0.15) is 17.0 Å². The van der Waals surface area contributed by atoms with E-state index in [1.54, 1.807) is 6.20 Å². The summed E-state index contributed by atoms with van der Waals surface area (Å²) in [5.41, 5.74) is 8.26. The second-order valence-corrected chi connectivity index (χ2v) is 6.18. The lowest BCUT2D eigenvalue weighted by Gasteiger charge is -2.27. The van der Waals surface area contributed by atoms with E-state index in [-0.39, 0.29) is 5.91 Å². The highest BCUT2D eigenvalue weighted by Crippen LogP contribution is 2.33. The predicted octanol–water partition coefficient (Wildman–Crippen LogP) is 1.43. The Kier molecular flexibility index (Phi) is 3.30. The summed E-state index contributed by atoms with van der Waals surface area (Å²) in [6.45, 7) is 3.76. The van der Waals surface area contributed by atoms with Crippen LogP contribution < -0.4 is 11.1 Å². The van der Waals surface area contributed by atoms with E-state index in [4.69, 9.17) is 10.7 Å². The molecular weight excluding hydrogens is 292 g/mol. The van der Waals surface area contributed by atoms with Crippen molar-refractivity contribution in [3.05, 3.63) is 24.3 Å². The number of primary amides is 1. The Bertz CT molecular complexity index is 873. The van der Waals surface area contributed by atoms with E-state index in [2.05, 4.69) is 19.9 Å². The monoisotopic (exact) mass is 312 g/mol. The van der Waals surface area contributed by atoms with Gasteiger partial charge in [0, 0.05) is 17.6 Å². The fourth-order valence-electron chi connectivity index (χ4n) is 3.48. The third kappa shape index (κ3) is 2.19. The van der Waals surface area contributed by atoms with E-state index in [0.29, 0.717) is 6.04 Å². The van der Waals surface area contributed by atoms with Crippen LogP contribution in [0.2, 0.25) is 0 Å². The SMILES string of the molecule is CC(C(N)=O)c1nc2cnc3[nH]ccc3c2n1C1CCNCC1. The van der Waals surface area contributed by atoms with Gasteiger partial charge in [0.2, 0.25) is 5.91 Å². The average Bonchev–Trinajstić information content (AvgIpc) is 3.18.